The van der Waals surface area contributed by atoms with Gasteiger partial charge in [-0.2, -0.15) is 0 Å². The number of thiazole rings is 1. The second-order valence-electron chi connectivity index (χ2n) is 6.44. The summed E-state index contributed by atoms with van der Waals surface area (Å²) in [6, 6.07) is 0.559. The number of hydrogen-bond donors (Lipinski definition) is 1. The molecule has 1 aliphatic heterocycles. The van der Waals surface area contributed by atoms with Gasteiger partial charge in [0.05, 0.1) is 18.9 Å². The fourth-order valence-corrected chi connectivity index (χ4v) is 4.08. The topological polar surface area (TPSA) is 43.4 Å². The summed E-state index contributed by atoms with van der Waals surface area (Å²) in [7, 11) is 0. The molecule has 4 nitrogen and oxygen atoms in total. The number of nitrogens with zero attached hydrogens (tertiary/aromatic N) is 1. The van der Waals surface area contributed by atoms with E-state index < -0.39 is 0 Å². The molecule has 21 heavy (non-hydrogen) atoms. The monoisotopic (exact) mass is 310 g/mol. The molecule has 1 aliphatic carbocycles. The highest BCUT2D eigenvalue weighted by Gasteiger charge is 2.38. The lowest BCUT2D eigenvalue weighted by atomic mass is 10.1. The quantitative estimate of drug-likeness (QED) is 0.925. The molecule has 5 heteroatoms. The van der Waals surface area contributed by atoms with E-state index >= 15 is 0 Å². The summed E-state index contributed by atoms with van der Waals surface area (Å²) in [6.07, 6.45) is 5.56. The van der Waals surface area contributed by atoms with E-state index in [1.165, 1.54) is 23.5 Å². The maximum absolute atomic E-state index is 5.84. The first-order chi connectivity index (χ1) is 10.2. The standard InChI is InChI=1S/C16H26N2O2S/c1-12(2)14-11-21-15(18-14)10-17-13-4-3-6-16(7-5-13)19-8-9-20-16/h11-13,17H,3-10H2,1-2H3. The molecule has 1 aromatic heterocycles. The van der Waals surface area contributed by atoms with Crippen molar-refractivity contribution in [3.8, 4) is 0 Å². The van der Waals surface area contributed by atoms with Crippen LogP contribution in [0, 0.1) is 0 Å². The molecule has 0 radical (unpaired) electrons. The highest BCUT2D eigenvalue weighted by atomic mass is 32.1. The van der Waals surface area contributed by atoms with Crippen LogP contribution in [0.4, 0.5) is 0 Å². The van der Waals surface area contributed by atoms with Gasteiger partial charge in [-0.3, -0.25) is 0 Å². The lowest BCUT2D eigenvalue weighted by Crippen LogP contribution is -2.31. The van der Waals surface area contributed by atoms with E-state index in [1.807, 2.05) is 0 Å². The normalized spacial score (nSPS) is 25.6. The van der Waals surface area contributed by atoms with Crippen molar-refractivity contribution in [3.05, 3.63) is 16.1 Å². The van der Waals surface area contributed by atoms with Crippen molar-refractivity contribution >= 4 is 11.3 Å². The zero-order chi connectivity index (χ0) is 14.7. The minimum Gasteiger partial charge on any atom is -0.348 e. The Hall–Kier alpha value is -0.490. The van der Waals surface area contributed by atoms with Gasteiger partial charge in [-0.25, -0.2) is 4.98 Å². The number of aromatic nitrogens is 1. The number of rotatable bonds is 4. The predicted molar refractivity (Wildman–Crippen MR) is 84.6 cm³/mol. The first-order valence-electron chi connectivity index (χ1n) is 8.12. The van der Waals surface area contributed by atoms with Gasteiger partial charge in [0.2, 0.25) is 0 Å². The van der Waals surface area contributed by atoms with Gasteiger partial charge in [0, 0.05) is 30.8 Å². The second-order valence-corrected chi connectivity index (χ2v) is 7.38. The van der Waals surface area contributed by atoms with Crippen molar-refractivity contribution in [1.29, 1.82) is 0 Å². The summed E-state index contributed by atoms with van der Waals surface area (Å²) in [5.41, 5.74) is 1.21. The Morgan fingerprint density at radius 3 is 2.86 bits per heavy atom. The molecule has 2 fully saturated rings. The third-order valence-electron chi connectivity index (χ3n) is 4.50. The van der Waals surface area contributed by atoms with Crippen LogP contribution in [0.3, 0.4) is 0 Å². The van der Waals surface area contributed by atoms with Gasteiger partial charge in [0.25, 0.3) is 0 Å². The van der Waals surface area contributed by atoms with Gasteiger partial charge < -0.3 is 14.8 Å². The fraction of sp³-hybridized carbons (Fsp3) is 0.812. The van der Waals surface area contributed by atoms with Crippen molar-refractivity contribution < 1.29 is 9.47 Å². The zero-order valence-electron chi connectivity index (χ0n) is 13.1. The molecule has 3 rings (SSSR count). The molecule has 1 aromatic rings. The summed E-state index contributed by atoms with van der Waals surface area (Å²) in [6.45, 7) is 6.79. The number of ether oxygens (including phenoxy) is 2. The van der Waals surface area contributed by atoms with Gasteiger partial charge in [0.15, 0.2) is 5.79 Å². The van der Waals surface area contributed by atoms with E-state index in [-0.39, 0.29) is 5.79 Å². The van der Waals surface area contributed by atoms with Crippen molar-refractivity contribution in [1.82, 2.24) is 10.3 Å². The average molecular weight is 310 g/mol. The lowest BCUT2D eigenvalue weighted by Gasteiger charge is -2.25. The molecule has 2 aliphatic rings. The summed E-state index contributed by atoms with van der Waals surface area (Å²) >= 11 is 1.77. The molecule has 1 unspecified atom stereocenters. The zero-order valence-corrected chi connectivity index (χ0v) is 13.9. The Balaban J connectivity index is 1.49. The van der Waals surface area contributed by atoms with Crippen LogP contribution in [0.15, 0.2) is 5.38 Å². The number of nitrogens with one attached hydrogen (secondary N) is 1. The van der Waals surface area contributed by atoms with E-state index in [4.69, 9.17) is 14.5 Å². The van der Waals surface area contributed by atoms with Crippen molar-refractivity contribution in [2.24, 2.45) is 0 Å². The molecule has 1 N–H and O–H groups in total. The van der Waals surface area contributed by atoms with Crippen LogP contribution in [0.1, 0.15) is 62.6 Å². The molecule has 1 atom stereocenters. The first-order valence-corrected chi connectivity index (χ1v) is 9.00. The summed E-state index contributed by atoms with van der Waals surface area (Å²) in [4.78, 5) is 4.70. The Kier molecular flexibility index (Phi) is 4.94. The maximum Gasteiger partial charge on any atom is 0.168 e. The third kappa shape index (κ3) is 3.83. The maximum atomic E-state index is 5.84. The van der Waals surface area contributed by atoms with Crippen LogP contribution in [-0.2, 0) is 16.0 Å². The average Bonchev–Trinajstić information content (AvgIpc) is 3.06. The van der Waals surface area contributed by atoms with E-state index in [0.29, 0.717) is 12.0 Å². The van der Waals surface area contributed by atoms with Crippen LogP contribution in [-0.4, -0.2) is 30.0 Å². The minimum atomic E-state index is -0.261. The highest BCUT2D eigenvalue weighted by molar-refractivity contribution is 7.09. The summed E-state index contributed by atoms with van der Waals surface area (Å²) < 4.78 is 11.7. The summed E-state index contributed by atoms with van der Waals surface area (Å²) in [5.74, 6) is 0.256. The summed E-state index contributed by atoms with van der Waals surface area (Å²) in [5, 5.41) is 7.06. The van der Waals surface area contributed by atoms with Crippen molar-refractivity contribution in [3.63, 3.8) is 0 Å². The van der Waals surface area contributed by atoms with Crippen LogP contribution in [0.2, 0.25) is 0 Å². The molecule has 0 aromatic carbocycles. The SMILES string of the molecule is CC(C)c1csc(CNC2CCCC3(CC2)OCCO3)n1. The molecule has 118 valence electrons. The van der Waals surface area contributed by atoms with Gasteiger partial charge in [-0.05, 0) is 25.2 Å². The molecule has 2 heterocycles. The molecule has 1 spiro atoms. The molecule has 1 saturated heterocycles. The van der Waals surface area contributed by atoms with Gasteiger partial charge in [-0.15, -0.1) is 11.3 Å². The Morgan fingerprint density at radius 1 is 1.33 bits per heavy atom. The van der Waals surface area contributed by atoms with E-state index in [9.17, 15) is 0 Å². The molecule has 1 saturated carbocycles. The lowest BCUT2D eigenvalue weighted by molar-refractivity contribution is -0.165. The molecule has 0 bridgehead atoms. The fourth-order valence-electron chi connectivity index (χ4n) is 3.17. The van der Waals surface area contributed by atoms with Crippen molar-refractivity contribution in [2.75, 3.05) is 13.2 Å². The second kappa shape index (κ2) is 6.73. The van der Waals surface area contributed by atoms with Crippen LogP contribution in [0.25, 0.3) is 0 Å². The van der Waals surface area contributed by atoms with E-state index in [0.717, 1.165) is 39.0 Å². The minimum absolute atomic E-state index is 0.261. The number of hydrogen-bond acceptors (Lipinski definition) is 5. The molecular formula is C16H26N2O2S. The van der Waals surface area contributed by atoms with E-state index in [2.05, 4.69) is 24.5 Å². The first kappa shape index (κ1) is 15.4. The van der Waals surface area contributed by atoms with Crippen LogP contribution >= 0.6 is 11.3 Å². The largest absolute Gasteiger partial charge is 0.348 e. The van der Waals surface area contributed by atoms with Gasteiger partial charge >= 0.3 is 0 Å². The Labute approximate surface area is 131 Å². The van der Waals surface area contributed by atoms with Gasteiger partial charge in [0.1, 0.15) is 5.01 Å². The van der Waals surface area contributed by atoms with Gasteiger partial charge in [-0.1, -0.05) is 13.8 Å². The van der Waals surface area contributed by atoms with E-state index in [1.54, 1.807) is 11.3 Å². The Morgan fingerprint density at radius 2 is 2.14 bits per heavy atom. The highest BCUT2D eigenvalue weighted by Crippen LogP contribution is 2.34. The predicted octanol–water partition coefficient (Wildman–Crippen LogP) is 3.43. The van der Waals surface area contributed by atoms with Crippen LogP contribution < -0.4 is 5.32 Å². The van der Waals surface area contributed by atoms with Crippen LogP contribution in [0.5, 0.6) is 0 Å². The smallest absolute Gasteiger partial charge is 0.168 e. The molecular weight excluding hydrogens is 284 g/mol. The molecule has 0 amide bonds. The third-order valence-corrected chi connectivity index (χ3v) is 5.37. The van der Waals surface area contributed by atoms with Crippen molar-refractivity contribution in [2.45, 2.75) is 70.2 Å². The Bertz CT molecular complexity index is 455.